The second kappa shape index (κ2) is 11.0. The molecule has 34 heavy (non-hydrogen) atoms. The maximum atomic E-state index is 13.4. The Kier molecular flexibility index (Phi) is 8.37. The molecular weight excluding hydrogens is 458 g/mol. The molecule has 0 aromatic heterocycles. The maximum Gasteiger partial charge on any atom is 0.418 e. The standard InChI is InChI=1S/C22H22F2N2O8/c1-31-13-10-17(33-3)14(18(11-13)34-4)6-8-19(27)25-12-5-7-16(32-2)15(9-12)26-20(28)22(23,24)21(29)30/h5-11H,1-4H3,(H,25,27)(H,26,28)(H,29,30)/b8-6+. The molecule has 0 radical (unpaired) electrons. The SMILES string of the molecule is COc1cc(OC)c(/C=C/C(=O)Nc2ccc(OC)c(NC(=O)C(F)(F)C(=O)O)c2)c(OC)c1. The number of carbonyl (C=O) groups excluding carboxylic acids is 2. The van der Waals surface area contributed by atoms with Gasteiger partial charge in [-0.1, -0.05) is 0 Å². The summed E-state index contributed by atoms with van der Waals surface area (Å²) in [5.74, 6) is -8.74. The van der Waals surface area contributed by atoms with Crippen molar-refractivity contribution < 1.29 is 47.2 Å². The highest BCUT2D eigenvalue weighted by Crippen LogP contribution is 2.35. The van der Waals surface area contributed by atoms with E-state index in [0.717, 1.165) is 6.07 Å². The third-order valence-electron chi connectivity index (χ3n) is 4.42. The number of methoxy groups -OCH3 is 4. The molecule has 0 spiro atoms. The van der Waals surface area contributed by atoms with Gasteiger partial charge in [-0.2, -0.15) is 8.78 Å². The number of aliphatic carboxylic acids is 1. The predicted molar refractivity (Wildman–Crippen MR) is 118 cm³/mol. The number of nitrogens with one attached hydrogen (secondary N) is 2. The fourth-order valence-electron chi connectivity index (χ4n) is 2.72. The first kappa shape index (κ1) is 25.9. The zero-order valence-corrected chi connectivity index (χ0v) is 18.6. The van der Waals surface area contributed by atoms with Gasteiger partial charge in [-0.05, 0) is 24.3 Å². The number of rotatable bonds is 10. The van der Waals surface area contributed by atoms with Gasteiger partial charge in [-0.25, -0.2) is 4.79 Å². The number of carboxylic acids is 1. The smallest absolute Gasteiger partial charge is 0.418 e. The highest BCUT2D eigenvalue weighted by molar-refractivity contribution is 6.10. The molecule has 0 atom stereocenters. The van der Waals surface area contributed by atoms with Crippen LogP contribution in [-0.4, -0.2) is 57.3 Å². The molecule has 0 bridgehead atoms. The van der Waals surface area contributed by atoms with Gasteiger partial charge in [-0.15, -0.1) is 0 Å². The van der Waals surface area contributed by atoms with Crippen molar-refractivity contribution in [1.29, 1.82) is 0 Å². The lowest BCUT2D eigenvalue weighted by Crippen LogP contribution is -2.41. The van der Waals surface area contributed by atoms with E-state index in [1.54, 1.807) is 17.4 Å². The summed E-state index contributed by atoms with van der Waals surface area (Å²) < 4.78 is 47.6. The van der Waals surface area contributed by atoms with Crippen molar-refractivity contribution in [2.24, 2.45) is 0 Å². The molecule has 0 unspecified atom stereocenters. The lowest BCUT2D eigenvalue weighted by Gasteiger charge is -2.15. The van der Waals surface area contributed by atoms with Crippen LogP contribution in [0, 0.1) is 0 Å². The molecular formula is C22H22F2N2O8. The second-order valence-corrected chi connectivity index (χ2v) is 6.52. The minimum absolute atomic E-state index is 0.0317. The number of carbonyl (C=O) groups is 3. The fraction of sp³-hybridized carbons (Fsp3) is 0.227. The van der Waals surface area contributed by atoms with Crippen LogP contribution in [0.25, 0.3) is 6.08 Å². The van der Waals surface area contributed by atoms with Crippen LogP contribution in [-0.2, 0) is 14.4 Å². The Labute approximate surface area is 193 Å². The minimum Gasteiger partial charge on any atom is -0.496 e. The van der Waals surface area contributed by atoms with Gasteiger partial charge in [-0.3, -0.25) is 9.59 Å². The van der Waals surface area contributed by atoms with Crippen molar-refractivity contribution in [3.63, 3.8) is 0 Å². The van der Waals surface area contributed by atoms with Gasteiger partial charge in [0.2, 0.25) is 5.91 Å². The highest BCUT2D eigenvalue weighted by atomic mass is 19.3. The molecule has 0 aliphatic carbocycles. The van der Waals surface area contributed by atoms with Gasteiger partial charge in [0.15, 0.2) is 0 Å². The number of hydrogen-bond donors (Lipinski definition) is 3. The molecule has 2 aromatic rings. The first-order valence-electron chi connectivity index (χ1n) is 9.47. The van der Waals surface area contributed by atoms with Crippen LogP contribution >= 0.6 is 0 Å². The summed E-state index contributed by atoms with van der Waals surface area (Å²) in [6, 6.07) is 7.03. The molecule has 2 aromatic carbocycles. The van der Waals surface area contributed by atoms with Gasteiger partial charge in [0, 0.05) is 23.9 Å². The van der Waals surface area contributed by atoms with Crippen molar-refractivity contribution in [2.75, 3.05) is 39.1 Å². The van der Waals surface area contributed by atoms with Gasteiger partial charge in [0.25, 0.3) is 0 Å². The lowest BCUT2D eigenvalue weighted by molar-refractivity contribution is -0.169. The molecule has 0 fully saturated rings. The molecule has 0 aliphatic heterocycles. The Hall–Kier alpha value is -4.35. The summed E-state index contributed by atoms with van der Waals surface area (Å²) in [6.45, 7) is 0. The normalized spacial score (nSPS) is 11.0. The van der Waals surface area contributed by atoms with E-state index in [0.29, 0.717) is 22.8 Å². The van der Waals surface area contributed by atoms with Gasteiger partial charge in [0.05, 0.1) is 39.7 Å². The second-order valence-electron chi connectivity index (χ2n) is 6.52. The third-order valence-corrected chi connectivity index (χ3v) is 4.42. The van der Waals surface area contributed by atoms with E-state index in [4.69, 9.17) is 24.1 Å². The minimum atomic E-state index is -4.66. The van der Waals surface area contributed by atoms with Crippen LogP contribution in [0.15, 0.2) is 36.4 Å². The molecule has 2 amide bonds. The van der Waals surface area contributed by atoms with E-state index in [1.807, 2.05) is 0 Å². The number of hydrogen-bond acceptors (Lipinski definition) is 7. The molecule has 0 saturated carbocycles. The zero-order valence-electron chi connectivity index (χ0n) is 18.6. The first-order chi connectivity index (χ1) is 16.1. The molecule has 0 aliphatic rings. The number of benzene rings is 2. The van der Waals surface area contributed by atoms with E-state index in [-0.39, 0.29) is 17.1 Å². The molecule has 0 heterocycles. The predicted octanol–water partition coefficient (Wildman–Crippen LogP) is 3.03. The number of ether oxygens (including phenoxy) is 4. The Morgan fingerprint density at radius 3 is 1.97 bits per heavy atom. The lowest BCUT2D eigenvalue weighted by atomic mass is 10.1. The van der Waals surface area contributed by atoms with Gasteiger partial charge in [0.1, 0.15) is 23.0 Å². The number of amides is 2. The van der Waals surface area contributed by atoms with Crippen LogP contribution in [0.5, 0.6) is 23.0 Å². The first-order valence-corrected chi connectivity index (χ1v) is 9.47. The monoisotopic (exact) mass is 480 g/mol. The highest BCUT2D eigenvalue weighted by Gasteiger charge is 2.48. The van der Waals surface area contributed by atoms with Gasteiger partial charge < -0.3 is 34.7 Å². The maximum absolute atomic E-state index is 13.4. The molecule has 10 nitrogen and oxygen atoms in total. The summed E-state index contributed by atoms with van der Waals surface area (Å²) in [5, 5.41) is 12.8. The number of alkyl halides is 2. The molecule has 182 valence electrons. The van der Waals surface area contributed by atoms with Crippen molar-refractivity contribution in [2.45, 2.75) is 5.92 Å². The Morgan fingerprint density at radius 2 is 1.47 bits per heavy atom. The van der Waals surface area contributed by atoms with Crippen molar-refractivity contribution in [1.82, 2.24) is 0 Å². The van der Waals surface area contributed by atoms with E-state index in [2.05, 4.69) is 5.32 Å². The van der Waals surface area contributed by atoms with Crippen LogP contribution < -0.4 is 29.6 Å². The van der Waals surface area contributed by atoms with Crippen LogP contribution in [0.1, 0.15) is 5.56 Å². The molecule has 2 rings (SSSR count). The molecule has 12 heteroatoms. The fourth-order valence-corrected chi connectivity index (χ4v) is 2.72. The third kappa shape index (κ3) is 5.91. The van der Waals surface area contributed by atoms with E-state index in [9.17, 15) is 23.2 Å². The molecule has 3 N–H and O–H groups in total. The van der Waals surface area contributed by atoms with Crippen molar-refractivity contribution in [3.8, 4) is 23.0 Å². The van der Waals surface area contributed by atoms with Gasteiger partial charge >= 0.3 is 17.8 Å². The summed E-state index contributed by atoms with van der Waals surface area (Å²) in [6.07, 6.45) is 2.61. The largest absolute Gasteiger partial charge is 0.496 e. The van der Waals surface area contributed by atoms with Crippen LogP contribution in [0.3, 0.4) is 0 Å². The Bertz CT molecular complexity index is 1090. The number of anilines is 2. The molecule has 0 saturated heterocycles. The Balaban J connectivity index is 2.26. The average Bonchev–Trinajstić information content (AvgIpc) is 2.82. The number of halogens is 2. The van der Waals surface area contributed by atoms with Crippen molar-refractivity contribution in [3.05, 3.63) is 42.0 Å². The summed E-state index contributed by atoms with van der Waals surface area (Å²) in [5.41, 5.74) is 0.297. The Morgan fingerprint density at radius 1 is 0.882 bits per heavy atom. The summed E-state index contributed by atoms with van der Waals surface area (Å²) in [4.78, 5) is 34.7. The average molecular weight is 480 g/mol. The van der Waals surface area contributed by atoms with Crippen molar-refractivity contribution >= 4 is 35.2 Å². The topological polar surface area (TPSA) is 132 Å². The summed E-state index contributed by atoms with van der Waals surface area (Å²) in [7, 11) is 5.57. The zero-order chi connectivity index (χ0) is 25.5. The summed E-state index contributed by atoms with van der Waals surface area (Å²) >= 11 is 0. The number of carboxylic acid groups (broad SMARTS) is 1. The van der Waals surface area contributed by atoms with Crippen LogP contribution in [0.4, 0.5) is 20.2 Å². The van der Waals surface area contributed by atoms with E-state index >= 15 is 0 Å². The van der Waals surface area contributed by atoms with E-state index < -0.39 is 23.7 Å². The van der Waals surface area contributed by atoms with E-state index in [1.165, 1.54) is 52.7 Å². The quantitative estimate of drug-likeness (QED) is 0.349. The van der Waals surface area contributed by atoms with Crippen LogP contribution in [0.2, 0.25) is 0 Å².